The molecule has 0 aromatic heterocycles. The molecule has 4 rings (SSSR count). The van der Waals surface area contributed by atoms with Gasteiger partial charge < -0.3 is 4.74 Å². The summed E-state index contributed by atoms with van der Waals surface area (Å²) in [5, 5.41) is 0. The van der Waals surface area contributed by atoms with Crippen molar-refractivity contribution in [3.63, 3.8) is 0 Å². The number of halogens is 4. The summed E-state index contributed by atoms with van der Waals surface area (Å²) in [6.45, 7) is 23.4. The van der Waals surface area contributed by atoms with Crippen molar-refractivity contribution in [1.82, 2.24) is 0 Å². The Morgan fingerprint density at radius 2 is 0.978 bits per heavy atom. The Morgan fingerprint density at radius 3 is 1.36 bits per heavy atom. The molecule has 4 aromatic rings. The molecule has 234 valence electrons. The minimum atomic E-state index is -0.843. The van der Waals surface area contributed by atoms with Crippen LogP contribution in [0.15, 0.2) is 121 Å². The van der Waals surface area contributed by atoms with Crippen LogP contribution in [-0.4, -0.2) is 6.61 Å². The third-order valence-electron chi connectivity index (χ3n) is 7.34. The first-order valence-corrected chi connectivity index (χ1v) is 14.7. The summed E-state index contributed by atoms with van der Waals surface area (Å²) in [6.07, 6.45) is 1.44. The standard InChI is InChI=1S/C21H22F2O.C19H18F2/c1-5-12-24-18-9-6-16(7-10-18)19-11-8-17(20(22)21(19)23)13-15(4)14(2)3;1-12(2)14(4)11-16-9-10-17(19(21)18(16)20)15-7-5-13(3)6-8-15/h6-11H,2,4-5,12-13H2,1,3H3;5-10H,1,4,11H2,2-3H3. The van der Waals surface area contributed by atoms with Crippen LogP contribution >= 0.6 is 0 Å². The van der Waals surface area contributed by atoms with E-state index in [-0.39, 0.29) is 29.5 Å². The summed E-state index contributed by atoms with van der Waals surface area (Å²) < 4.78 is 62.8. The highest BCUT2D eigenvalue weighted by molar-refractivity contribution is 5.66. The number of aryl methyl sites for hydroxylation is 1. The molecule has 0 saturated carbocycles. The minimum absolute atomic E-state index is 0.235. The summed E-state index contributed by atoms with van der Waals surface area (Å²) in [6, 6.07) is 20.8. The molecule has 1 nitrogen and oxygen atoms in total. The van der Waals surface area contributed by atoms with Gasteiger partial charge in [-0.2, -0.15) is 0 Å². The fourth-order valence-corrected chi connectivity index (χ4v) is 4.34. The van der Waals surface area contributed by atoms with Crippen molar-refractivity contribution >= 4 is 0 Å². The van der Waals surface area contributed by atoms with Gasteiger partial charge in [0.1, 0.15) is 5.75 Å². The molecule has 4 aromatic carbocycles. The molecule has 0 unspecified atom stereocenters. The van der Waals surface area contributed by atoms with Crippen LogP contribution in [0.1, 0.15) is 43.9 Å². The fraction of sp³-hybridized carbons (Fsp3) is 0.200. The molecule has 0 fully saturated rings. The van der Waals surface area contributed by atoms with Crippen molar-refractivity contribution in [2.24, 2.45) is 0 Å². The molecule has 0 radical (unpaired) electrons. The molecular weight excluding hydrogens is 572 g/mol. The molecule has 0 amide bonds. The normalized spacial score (nSPS) is 10.5. The highest BCUT2D eigenvalue weighted by atomic mass is 19.2. The smallest absolute Gasteiger partial charge is 0.166 e. The van der Waals surface area contributed by atoms with E-state index < -0.39 is 23.3 Å². The van der Waals surface area contributed by atoms with Crippen molar-refractivity contribution in [3.05, 3.63) is 161 Å². The third-order valence-corrected chi connectivity index (χ3v) is 7.34. The Kier molecular flexibility index (Phi) is 12.3. The number of benzene rings is 4. The van der Waals surface area contributed by atoms with Crippen molar-refractivity contribution < 1.29 is 22.3 Å². The highest BCUT2D eigenvalue weighted by Crippen LogP contribution is 2.30. The molecule has 0 aliphatic rings. The summed E-state index contributed by atoms with van der Waals surface area (Å²) in [5.41, 5.74) is 6.39. The zero-order valence-corrected chi connectivity index (χ0v) is 26.5. The predicted octanol–water partition coefficient (Wildman–Crippen LogP) is 11.7. The van der Waals surface area contributed by atoms with E-state index >= 15 is 0 Å². The first-order valence-electron chi connectivity index (χ1n) is 14.7. The molecule has 5 heteroatoms. The van der Waals surface area contributed by atoms with Gasteiger partial charge in [-0.25, -0.2) is 17.6 Å². The summed E-state index contributed by atoms with van der Waals surface area (Å²) in [5.74, 6) is -2.58. The Hall–Kier alpha value is -4.64. The van der Waals surface area contributed by atoms with Crippen LogP contribution in [-0.2, 0) is 12.8 Å². The van der Waals surface area contributed by atoms with Crippen LogP contribution in [0.25, 0.3) is 22.3 Å². The average molecular weight is 613 g/mol. The van der Waals surface area contributed by atoms with Crippen molar-refractivity contribution in [2.75, 3.05) is 6.61 Å². The zero-order valence-electron chi connectivity index (χ0n) is 26.5. The maximum Gasteiger partial charge on any atom is 0.166 e. The number of allylic oxidation sites excluding steroid dienone is 4. The first kappa shape index (κ1) is 34.8. The van der Waals surface area contributed by atoms with Crippen LogP contribution in [0.2, 0.25) is 0 Å². The van der Waals surface area contributed by atoms with Crippen molar-refractivity contribution in [3.8, 4) is 28.0 Å². The second-order valence-corrected chi connectivity index (χ2v) is 11.2. The van der Waals surface area contributed by atoms with Gasteiger partial charge in [0.25, 0.3) is 0 Å². The maximum absolute atomic E-state index is 14.4. The molecule has 0 aliphatic heterocycles. The first-order chi connectivity index (χ1) is 21.3. The number of hydrogen-bond acceptors (Lipinski definition) is 1. The monoisotopic (exact) mass is 612 g/mol. The van der Waals surface area contributed by atoms with Crippen LogP contribution < -0.4 is 4.74 Å². The summed E-state index contributed by atoms with van der Waals surface area (Å²) in [4.78, 5) is 0. The fourth-order valence-electron chi connectivity index (χ4n) is 4.34. The minimum Gasteiger partial charge on any atom is -0.494 e. The van der Waals surface area contributed by atoms with Gasteiger partial charge in [0, 0.05) is 24.0 Å². The topological polar surface area (TPSA) is 9.23 Å². The van der Waals surface area contributed by atoms with E-state index in [0.29, 0.717) is 34.4 Å². The molecule has 0 aliphatic carbocycles. The van der Waals surface area contributed by atoms with E-state index in [1.54, 1.807) is 74.5 Å². The zero-order chi connectivity index (χ0) is 33.3. The molecule has 0 saturated heterocycles. The molecular formula is C40H40F4O. The van der Waals surface area contributed by atoms with E-state index in [4.69, 9.17) is 4.74 Å². The lowest BCUT2D eigenvalue weighted by Gasteiger charge is -2.11. The quantitative estimate of drug-likeness (QED) is 0.121. The number of ether oxygens (including phenoxy) is 1. The Bertz CT molecular complexity index is 1700. The van der Waals surface area contributed by atoms with E-state index in [2.05, 4.69) is 26.3 Å². The molecule has 0 bridgehead atoms. The van der Waals surface area contributed by atoms with Gasteiger partial charge in [-0.3, -0.25) is 0 Å². The maximum atomic E-state index is 14.4. The SMILES string of the molecule is C=C(C)C(=C)Cc1ccc(-c2ccc(C)cc2)c(F)c1F.C=C(C)C(=C)Cc1ccc(-c2ccc(OCCC)cc2)c(F)c1F. The lowest BCUT2D eigenvalue weighted by Crippen LogP contribution is -1.99. The lowest BCUT2D eigenvalue weighted by atomic mass is 9.97. The third kappa shape index (κ3) is 9.18. The van der Waals surface area contributed by atoms with Crippen LogP contribution in [0.5, 0.6) is 5.75 Å². The second kappa shape index (κ2) is 15.9. The van der Waals surface area contributed by atoms with E-state index in [1.165, 1.54) is 0 Å². The van der Waals surface area contributed by atoms with Crippen molar-refractivity contribution in [1.29, 1.82) is 0 Å². The van der Waals surface area contributed by atoms with Gasteiger partial charge in [-0.15, -0.1) is 0 Å². The van der Waals surface area contributed by atoms with E-state index in [0.717, 1.165) is 28.9 Å². The van der Waals surface area contributed by atoms with Gasteiger partial charge in [0.15, 0.2) is 23.3 Å². The van der Waals surface area contributed by atoms with Gasteiger partial charge in [-0.05, 0) is 72.7 Å². The van der Waals surface area contributed by atoms with Gasteiger partial charge in [0.2, 0.25) is 0 Å². The number of rotatable bonds is 11. The predicted molar refractivity (Wildman–Crippen MR) is 179 cm³/mol. The molecule has 0 N–H and O–H groups in total. The molecule has 0 heterocycles. The largest absolute Gasteiger partial charge is 0.494 e. The lowest BCUT2D eigenvalue weighted by molar-refractivity contribution is 0.317. The highest BCUT2D eigenvalue weighted by Gasteiger charge is 2.17. The van der Waals surface area contributed by atoms with E-state index in [1.807, 2.05) is 26.0 Å². The summed E-state index contributed by atoms with van der Waals surface area (Å²) in [7, 11) is 0. The average Bonchev–Trinajstić information content (AvgIpc) is 3.02. The Morgan fingerprint density at radius 1 is 0.578 bits per heavy atom. The van der Waals surface area contributed by atoms with Gasteiger partial charge >= 0.3 is 0 Å². The van der Waals surface area contributed by atoms with Crippen LogP contribution in [0, 0.1) is 30.2 Å². The molecule has 0 atom stereocenters. The van der Waals surface area contributed by atoms with E-state index in [9.17, 15) is 17.6 Å². The molecule has 0 spiro atoms. The van der Waals surface area contributed by atoms with Crippen LogP contribution in [0.3, 0.4) is 0 Å². The second-order valence-electron chi connectivity index (χ2n) is 11.2. The molecule has 45 heavy (non-hydrogen) atoms. The van der Waals surface area contributed by atoms with Crippen LogP contribution in [0.4, 0.5) is 17.6 Å². The van der Waals surface area contributed by atoms with Gasteiger partial charge in [0.05, 0.1) is 6.61 Å². The van der Waals surface area contributed by atoms with Gasteiger partial charge in [-0.1, -0.05) is 111 Å². The number of hydrogen-bond donors (Lipinski definition) is 0. The Labute approximate surface area is 264 Å². The Balaban J connectivity index is 0.000000248. The summed E-state index contributed by atoms with van der Waals surface area (Å²) >= 11 is 0. The van der Waals surface area contributed by atoms with Crippen molar-refractivity contribution in [2.45, 2.75) is 47.0 Å².